The summed E-state index contributed by atoms with van der Waals surface area (Å²) in [4.78, 5) is 15.4. The number of benzene rings is 2. The number of fused-ring (bicyclic) bond motifs is 3. The molecule has 0 aromatic heterocycles. The van der Waals surface area contributed by atoms with Crippen LogP contribution in [0.2, 0.25) is 0 Å². The number of nitrogens with one attached hydrogen (secondary N) is 2. The summed E-state index contributed by atoms with van der Waals surface area (Å²) in [7, 11) is 1.86. The second kappa shape index (κ2) is 5.49. The normalized spacial score (nSPS) is 21.0. The molecule has 2 aromatic rings. The van der Waals surface area contributed by atoms with Crippen LogP contribution in [-0.4, -0.2) is 24.4 Å². The number of allylic oxidation sites excluding steroid dienone is 1. The zero-order valence-corrected chi connectivity index (χ0v) is 13.1. The maximum atomic E-state index is 11.2. The minimum Gasteiger partial charge on any atom is -0.387 e. The van der Waals surface area contributed by atoms with Crippen LogP contribution in [0.1, 0.15) is 17.0 Å². The number of anilines is 1. The molecule has 2 N–H and O–H groups in total. The molecule has 4 rings (SSSR count). The largest absolute Gasteiger partial charge is 0.387 e. The summed E-state index contributed by atoms with van der Waals surface area (Å²) in [5.74, 6) is -0.0604. The van der Waals surface area contributed by atoms with E-state index in [0.717, 1.165) is 28.1 Å². The van der Waals surface area contributed by atoms with Crippen LogP contribution in [0.4, 0.5) is 11.4 Å². The lowest BCUT2D eigenvalue weighted by molar-refractivity contribution is -0.384. The van der Waals surface area contributed by atoms with Gasteiger partial charge in [0, 0.05) is 31.1 Å². The molecule has 0 saturated carbocycles. The minimum absolute atomic E-state index is 0.0604. The highest BCUT2D eigenvalue weighted by molar-refractivity contribution is 5.96. The quantitative estimate of drug-likeness (QED) is 0.672. The number of non-ortho nitro benzene ring substituents is 1. The Morgan fingerprint density at radius 3 is 2.71 bits per heavy atom. The van der Waals surface area contributed by atoms with E-state index in [0.29, 0.717) is 0 Å². The van der Waals surface area contributed by atoms with Crippen LogP contribution in [0.25, 0.3) is 5.57 Å². The fraction of sp³-hybridized carbons (Fsp3) is 0.167. The molecule has 2 aliphatic rings. The van der Waals surface area contributed by atoms with Crippen LogP contribution in [-0.2, 0) is 0 Å². The summed E-state index contributed by atoms with van der Waals surface area (Å²) >= 11 is 0. The van der Waals surface area contributed by atoms with Gasteiger partial charge >= 0.3 is 0 Å². The predicted octanol–water partition coefficient (Wildman–Crippen LogP) is 3.15. The van der Waals surface area contributed by atoms with E-state index >= 15 is 0 Å². The van der Waals surface area contributed by atoms with Gasteiger partial charge in [-0.25, -0.2) is 0 Å². The molecule has 2 aliphatic heterocycles. The molecular weight excluding hydrogens is 304 g/mol. The SMILES string of the molecule is CNC1=C(c2ccccc2)C2c3cc([N+](=O)[O-])ccc3NC2N=C1. The van der Waals surface area contributed by atoms with Crippen molar-refractivity contribution < 1.29 is 4.92 Å². The van der Waals surface area contributed by atoms with E-state index in [2.05, 4.69) is 27.8 Å². The Labute approximate surface area is 139 Å². The highest BCUT2D eigenvalue weighted by atomic mass is 16.6. The molecule has 0 amide bonds. The first-order valence-electron chi connectivity index (χ1n) is 7.74. The molecule has 2 atom stereocenters. The van der Waals surface area contributed by atoms with E-state index in [-0.39, 0.29) is 22.7 Å². The molecule has 120 valence electrons. The average molecular weight is 320 g/mol. The first kappa shape index (κ1) is 14.4. The fourth-order valence-electron chi connectivity index (χ4n) is 3.45. The number of aliphatic imine (C=N–C) groups is 1. The highest BCUT2D eigenvalue weighted by Gasteiger charge is 2.39. The third-order valence-corrected chi connectivity index (χ3v) is 4.52. The third-order valence-electron chi connectivity index (χ3n) is 4.52. The van der Waals surface area contributed by atoms with Crippen LogP contribution >= 0.6 is 0 Å². The fourth-order valence-corrected chi connectivity index (χ4v) is 3.45. The van der Waals surface area contributed by atoms with Crippen molar-refractivity contribution in [2.45, 2.75) is 12.1 Å². The second-order valence-electron chi connectivity index (χ2n) is 5.82. The van der Waals surface area contributed by atoms with E-state index in [1.807, 2.05) is 31.5 Å². The van der Waals surface area contributed by atoms with Crippen LogP contribution in [0.5, 0.6) is 0 Å². The van der Waals surface area contributed by atoms with E-state index in [9.17, 15) is 10.1 Å². The van der Waals surface area contributed by atoms with E-state index in [1.54, 1.807) is 12.1 Å². The van der Waals surface area contributed by atoms with Crippen molar-refractivity contribution in [3.8, 4) is 0 Å². The molecule has 2 heterocycles. The molecule has 0 aliphatic carbocycles. The van der Waals surface area contributed by atoms with Crippen molar-refractivity contribution in [1.29, 1.82) is 0 Å². The summed E-state index contributed by atoms with van der Waals surface area (Å²) in [6.45, 7) is 0. The topological polar surface area (TPSA) is 79.6 Å². The summed E-state index contributed by atoms with van der Waals surface area (Å²) in [6, 6.07) is 15.0. The molecule has 6 heteroatoms. The number of hydrogen-bond acceptors (Lipinski definition) is 5. The molecule has 0 saturated heterocycles. The molecule has 2 aromatic carbocycles. The lowest BCUT2D eigenvalue weighted by atomic mass is 9.83. The van der Waals surface area contributed by atoms with Crippen LogP contribution in [0.15, 0.2) is 59.2 Å². The van der Waals surface area contributed by atoms with Gasteiger partial charge in [-0.2, -0.15) is 0 Å². The lowest BCUT2D eigenvalue weighted by Crippen LogP contribution is -2.27. The Morgan fingerprint density at radius 1 is 1.21 bits per heavy atom. The highest BCUT2D eigenvalue weighted by Crippen LogP contribution is 2.47. The van der Waals surface area contributed by atoms with Crippen LogP contribution in [0.3, 0.4) is 0 Å². The van der Waals surface area contributed by atoms with Gasteiger partial charge in [-0.15, -0.1) is 0 Å². The van der Waals surface area contributed by atoms with Gasteiger partial charge in [0.1, 0.15) is 6.17 Å². The van der Waals surface area contributed by atoms with Gasteiger partial charge in [0.25, 0.3) is 5.69 Å². The zero-order valence-electron chi connectivity index (χ0n) is 13.1. The number of nitro benzene ring substituents is 1. The van der Waals surface area contributed by atoms with Gasteiger partial charge < -0.3 is 10.6 Å². The van der Waals surface area contributed by atoms with Crippen LogP contribution < -0.4 is 10.6 Å². The number of nitro groups is 1. The van der Waals surface area contributed by atoms with E-state index in [1.165, 1.54) is 6.07 Å². The monoisotopic (exact) mass is 320 g/mol. The maximum absolute atomic E-state index is 11.2. The number of nitrogens with zero attached hydrogens (tertiary/aromatic N) is 2. The average Bonchev–Trinajstić information content (AvgIpc) is 2.99. The molecule has 0 radical (unpaired) electrons. The van der Waals surface area contributed by atoms with Gasteiger partial charge in [-0.1, -0.05) is 30.3 Å². The van der Waals surface area contributed by atoms with Gasteiger partial charge in [0.2, 0.25) is 0 Å². The standard InChI is InChI=1S/C18H16N4O2/c1-19-15-10-20-18-17(16(15)11-5-3-2-4-6-11)13-9-12(22(23)24)7-8-14(13)21-18/h2-10,17-19,21H,1H3. The number of rotatable bonds is 3. The van der Waals surface area contributed by atoms with Gasteiger partial charge in [0.05, 0.1) is 16.5 Å². The van der Waals surface area contributed by atoms with Gasteiger partial charge in [-0.3, -0.25) is 15.1 Å². The Hall–Kier alpha value is -3.15. The molecule has 0 fully saturated rings. The Balaban J connectivity index is 1.90. The molecule has 2 unspecified atom stereocenters. The van der Waals surface area contributed by atoms with E-state index in [4.69, 9.17) is 0 Å². The van der Waals surface area contributed by atoms with Crippen molar-refractivity contribution in [3.63, 3.8) is 0 Å². The molecule has 6 nitrogen and oxygen atoms in total. The van der Waals surface area contributed by atoms with Crippen molar-refractivity contribution in [1.82, 2.24) is 5.32 Å². The Bertz CT molecular complexity index is 874. The summed E-state index contributed by atoms with van der Waals surface area (Å²) in [6.07, 6.45) is 1.69. The zero-order chi connectivity index (χ0) is 16.7. The van der Waals surface area contributed by atoms with Gasteiger partial charge in [-0.05, 0) is 22.8 Å². The lowest BCUT2D eigenvalue weighted by Gasteiger charge is -2.27. The molecule has 24 heavy (non-hydrogen) atoms. The number of dihydropyridines is 1. The van der Waals surface area contributed by atoms with Gasteiger partial charge in [0.15, 0.2) is 0 Å². The van der Waals surface area contributed by atoms with Crippen molar-refractivity contribution >= 4 is 23.2 Å². The van der Waals surface area contributed by atoms with Crippen molar-refractivity contribution in [3.05, 3.63) is 75.5 Å². The minimum atomic E-state index is -0.357. The Morgan fingerprint density at radius 2 is 2.00 bits per heavy atom. The third kappa shape index (κ3) is 2.15. The number of hydrogen-bond donors (Lipinski definition) is 2. The smallest absolute Gasteiger partial charge is 0.269 e. The predicted molar refractivity (Wildman–Crippen MR) is 94.2 cm³/mol. The van der Waals surface area contributed by atoms with Crippen molar-refractivity contribution in [2.75, 3.05) is 12.4 Å². The first-order valence-corrected chi connectivity index (χ1v) is 7.74. The van der Waals surface area contributed by atoms with Crippen LogP contribution in [0, 0.1) is 10.1 Å². The van der Waals surface area contributed by atoms with E-state index < -0.39 is 0 Å². The molecule has 0 bridgehead atoms. The second-order valence-corrected chi connectivity index (χ2v) is 5.82. The first-order chi connectivity index (χ1) is 11.7. The van der Waals surface area contributed by atoms with Crippen molar-refractivity contribution in [2.24, 2.45) is 4.99 Å². The Kier molecular flexibility index (Phi) is 3.30. The summed E-state index contributed by atoms with van der Waals surface area (Å²) < 4.78 is 0. The summed E-state index contributed by atoms with van der Waals surface area (Å²) in [5.41, 5.74) is 5.04. The summed E-state index contributed by atoms with van der Waals surface area (Å²) in [5, 5.41) is 17.7. The molecular formula is C18H16N4O2. The maximum Gasteiger partial charge on any atom is 0.269 e. The molecule has 0 spiro atoms.